The van der Waals surface area contributed by atoms with Gasteiger partial charge in [-0.25, -0.2) is 22.0 Å². The molecular weight excluding hydrogens is 257 g/mol. The van der Waals surface area contributed by atoms with E-state index < -0.39 is 47.3 Å². The smallest absolute Gasteiger partial charge is 0.200 e. The molecule has 1 aromatic rings. The maximum absolute atomic E-state index is 12.9. The molecule has 0 aliphatic carbocycles. The van der Waals surface area contributed by atoms with Crippen LogP contribution in [0.25, 0.3) is 0 Å². The molecule has 2 nitrogen and oxygen atoms in total. The number of aliphatic hydroxyl groups excluding tert-OH is 1. The molecule has 1 aromatic carbocycles. The summed E-state index contributed by atoms with van der Waals surface area (Å²) in [5.41, 5.74) is 3.78. The van der Waals surface area contributed by atoms with Gasteiger partial charge < -0.3 is 10.8 Å². The van der Waals surface area contributed by atoms with Crippen LogP contribution < -0.4 is 5.73 Å². The highest BCUT2D eigenvalue weighted by atomic mass is 35.5. The second kappa shape index (κ2) is 5.42. The summed E-state index contributed by atoms with van der Waals surface area (Å²) in [6.45, 7) is -0.932. The Morgan fingerprint density at radius 1 is 0.875 bits per heavy atom. The Labute approximate surface area is 93.3 Å². The van der Waals surface area contributed by atoms with E-state index in [2.05, 4.69) is 0 Å². The summed E-state index contributed by atoms with van der Waals surface area (Å²) in [7, 11) is 0. The van der Waals surface area contributed by atoms with E-state index in [0.29, 0.717) is 0 Å². The number of aliphatic hydroxyl groups is 1. The Morgan fingerprint density at radius 3 is 1.50 bits per heavy atom. The summed E-state index contributed by atoms with van der Waals surface area (Å²) in [5.74, 6) is -10.4. The molecule has 0 bridgehead atoms. The first-order valence-electron chi connectivity index (χ1n) is 3.79. The summed E-state index contributed by atoms with van der Waals surface area (Å²) in [5, 5.41) is 8.49. The van der Waals surface area contributed by atoms with Gasteiger partial charge in [-0.1, -0.05) is 0 Å². The van der Waals surface area contributed by atoms with E-state index >= 15 is 0 Å². The van der Waals surface area contributed by atoms with Gasteiger partial charge in [0.25, 0.3) is 0 Å². The number of benzene rings is 1. The Bertz CT molecular complexity index is 372. The third-order valence-electron chi connectivity index (χ3n) is 1.81. The molecule has 0 saturated heterocycles. The normalized spacial score (nSPS) is 12.2. The fourth-order valence-electron chi connectivity index (χ4n) is 1.04. The van der Waals surface area contributed by atoms with Gasteiger partial charge in [0.2, 0.25) is 5.82 Å². The van der Waals surface area contributed by atoms with Crippen LogP contribution in [-0.4, -0.2) is 11.7 Å². The monoisotopic (exact) mass is 263 g/mol. The van der Waals surface area contributed by atoms with Gasteiger partial charge in [0.1, 0.15) is 0 Å². The summed E-state index contributed by atoms with van der Waals surface area (Å²) >= 11 is 0. The van der Waals surface area contributed by atoms with E-state index in [1.54, 1.807) is 0 Å². The minimum absolute atomic E-state index is 0. The first kappa shape index (κ1) is 15.1. The molecule has 0 aliphatic heterocycles. The number of halogens is 6. The van der Waals surface area contributed by atoms with Crippen molar-refractivity contribution in [3.63, 3.8) is 0 Å². The van der Waals surface area contributed by atoms with Crippen LogP contribution in [0, 0.1) is 29.1 Å². The van der Waals surface area contributed by atoms with Gasteiger partial charge in [-0.15, -0.1) is 12.4 Å². The molecule has 0 aliphatic rings. The minimum atomic E-state index is -2.25. The molecule has 0 fully saturated rings. The molecule has 0 aromatic heterocycles. The van der Waals surface area contributed by atoms with E-state index in [-0.39, 0.29) is 12.4 Å². The zero-order valence-electron chi connectivity index (χ0n) is 7.61. The summed E-state index contributed by atoms with van der Waals surface area (Å²) in [6, 6.07) is -1.66. The van der Waals surface area contributed by atoms with Crippen molar-refractivity contribution in [1.29, 1.82) is 0 Å². The largest absolute Gasteiger partial charge is 0.394 e. The van der Waals surface area contributed by atoms with Crippen molar-refractivity contribution >= 4 is 12.4 Å². The van der Waals surface area contributed by atoms with E-state index in [1.807, 2.05) is 0 Å². The predicted molar refractivity (Wildman–Crippen MR) is 47.5 cm³/mol. The summed E-state index contributed by atoms with van der Waals surface area (Å²) in [6.07, 6.45) is 0. The first-order valence-corrected chi connectivity index (χ1v) is 3.79. The molecule has 0 heterocycles. The molecular formula is C8H7ClF5NO. The minimum Gasteiger partial charge on any atom is -0.394 e. The predicted octanol–water partition coefficient (Wildman–Crippen LogP) is 1.80. The van der Waals surface area contributed by atoms with Gasteiger partial charge in [0, 0.05) is 5.56 Å². The Morgan fingerprint density at radius 2 is 1.19 bits per heavy atom. The lowest BCUT2D eigenvalue weighted by Crippen LogP contribution is -2.20. The highest BCUT2D eigenvalue weighted by molar-refractivity contribution is 5.85. The second-order valence-corrected chi connectivity index (χ2v) is 2.77. The van der Waals surface area contributed by atoms with Gasteiger partial charge in [-0.2, -0.15) is 0 Å². The molecule has 1 rings (SSSR count). The second-order valence-electron chi connectivity index (χ2n) is 2.77. The molecule has 0 spiro atoms. The topological polar surface area (TPSA) is 46.2 Å². The number of nitrogens with two attached hydrogens (primary N) is 1. The fourth-order valence-corrected chi connectivity index (χ4v) is 1.04. The van der Waals surface area contributed by atoms with Crippen LogP contribution >= 0.6 is 12.4 Å². The molecule has 0 amide bonds. The zero-order valence-corrected chi connectivity index (χ0v) is 8.42. The number of rotatable bonds is 2. The van der Waals surface area contributed by atoms with E-state index in [4.69, 9.17) is 10.8 Å². The standard InChI is InChI=1S/C8H6F5NO.ClH/c9-4-3(2(14)1-15)5(10)7(12)8(13)6(4)11;/h2,15H,1,14H2;1H/t2-;/m0./s1. The summed E-state index contributed by atoms with van der Waals surface area (Å²) in [4.78, 5) is 0. The molecule has 3 N–H and O–H groups in total. The fraction of sp³-hybridized carbons (Fsp3) is 0.250. The third-order valence-corrected chi connectivity index (χ3v) is 1.81. The Kier molecular flexibility index (Phi) is 5.11. The highest BCUT2D eigenvalue weighted by Crippen LogP contribution is 2.26. The first-order chi connectivity index (χ1) is 6.91. The van der Waals surface area contributed by atoms with Gasteiger partial charge in [0.05, 0.1) is 12.6 Å². The van der Waals surface area contributed by atoms with E-state index in [1.165, 1.54) is 0 Å². The van der Waals surface area contributed by atoms with Crippen molar-refractivity contribution in [2.24, 2.45) is 5.73 Å². The van der Waals surface area contributed by atoms with Crippen LogP contribution in [0.4, 0.5) is 22.0 Å². The molecule has 92 valence electrons. The molecule has 0 unspecified atom stereocenters. The van der Waals surface area contributed by atoms with Gasteiger partial charge in [-0.3, -0.25) is 0 Å². The van der Waals surface area contributed by atoms with E-state index in [0.717, 1.165) is 0 Å². The molecule has 8 heteroatoms. The zero-order chi connectivity index (χ0) is 11.7. The van der Waals surface area contributed by atoms with Crippen molar-refractivity contribution in [1.82, 2.24) is 0 Å². The number of hydrogen-bond acceptors (Lipinski definition) is 2. The van der Waals surface area contributed by atoms with Crippen LogP contribution in [0.1, 0.15) is 11.6 Å². The highest BCUT2D eigenvalue weighted by Gasteiger charge is 2.28. The van der Waals surface area contributed by atoms with E-state index in [9.17, 15) is 22.0 Å². The van der Waals surface area contributed by atoms with Gasteiger partial charge >= 0.3 is 0 Å². The van der Waals surface area contributed by atoms with Gasteiger partial charge in [-0.05, 0) is 0 Å². The Balaban J connectivity index is 0.00000225. The van der Waals surface area contributed by atoms with Crippen molar-refractivity contribution in [2.75, 3.05) is 6.61 Å². The SMILES string of the molecule is Cl.N[C@@H](CO)c1c(F)c(F)c(F)c(F)c1F. The van der Waals surface area contributed by atoms with Gasteiger partial charge in [0.15, 0.2) is 23.3 Å². The van der Waals surface area contributed by atoms with Crippen molar-refractivity contribution < 1.29 is 27.1 Å². The maximum Gasteiger partial charge on any atom is 0.200 e. The quantitative estimate of drug-likeness (QED) is 0.485. The van der Waals surface area contributed by atoms with Crippen molar-refractivity contribution in [3.05, 3.63) is 34.6 Å². The lowest BCUT2D eigenvalue weighted by molar-refractivity contribution is 0.257. The maximum atomic E-state index is 12.9. The lowest BCUT2D eigenvalue weighted by Gasteiger charge is -2.12. The van der Waals surface area contributed by atoms with Crippen LogP contribution in [0.2, 0.25) is 0 Å². The molecule has 1 atom stereocenters. The lowest BCUT2D eigenvalue weighted by atomic mass is 10.1. The molecule has 0 saturated carbocycles. The Hall–Kier alpha value is -0.920. The average molecular weight is 264 g/mol. The molecule has 16 heavy (non-hydrogen) atoms. The van der Waals surface area contributed by atoms with Crippen LogP contribution in [-0.2, 0) is 0 Å². The average Bonchev–Trinajstić information content (AvgIpc) is 2.23. The van der Waals surface area contributed by atoms with Crippen LogP contribution in [0.3, 0.4) is 0 Å². The third kappa shape index (κ3) is 2.26. The molecule has 0 radical (unpaired) electrons. The van der Waals surface area contributed by atoms with Crippen molar-refractivity contribution in [3.8, 4) is 0 Å². The van der Waals surface area contributed by atoms with Crippen LogP contribution in [0.15, 0.2) is 0 Å². The van der Waals surface area contributed by atoms with Crippen molar-refractivity contribution in [2.45, 2.75) is 6.04 Å². The van der Waals surface area contributed by atoms with Crippen LogP contribution in [0.5, 0.6) is 0 Å². The summed E-state index contributed by atoms with van der Waals surface area (Å²) < 4.78 is 63.6. The number of hydrogen-bond donors (Lipinski definition) is 2.